The summed E-state index contributed by atoms with van der Waals surface area (Å²) < 4.78 is 15.7. The molecule has 1 aromatic heterocycles. The molecule has 1 heterocycles. The average Bonchev–Trinajstić information content (AvgIpc) is 2.72. The van der Waals surface area contributed by atoms with E-state index in [0.29, 0.717) is 6.54 Å². The van der Waals surface area contributed by atoms with Crippen LogP contribution in [0, 0.1) is 5.82 Å². The SMILES string of the molecule is CC(C)n1c(=O)nc(NCc2ccccc2)n(Cc2ccc(F)cc2)c1=O.CO. The lowest BCUT2D eigenvalue weighted by Crippen LogP contribution is -2.43. The third kappa shape index (κ3) is 5.61. The molecule has 154 valence electrons. The highest BCUT2D eigenvalue weighted by molar-refractivity contribution is 5.29. The van der Waals surface area contributed by atoms with E-state index in [1.807, 2.05) is 30.3 Å². The van der Waals surface area contributed by atoms with Gasteiger partial charge >= 0.3 is 11.4 Å². The molecule has 0 radical (unpaired) electrons. The van der Waals surface area contributed by atoms with E-state index in [4.69, 9.17) is 5.11 Å². The molecule has 0 unspecified atom stereocenters. The predicted octanol–water partition coefficient (Wildman–Crippen LogP) is 2.39. The maximum Gasteiger partial charge on any atom is 0.355 e. The van der Waals surface area contributed by atoms with Crippen LogP contribution < -0.4 is 16.7 Å². The van der Waals surface area contributed by atoms with Gasteiger partial charge in [-0.3, -0.25) is 4.57 Å². The molecule has 29 heavy (non-hydrogen) atoms. The van der Waals surface area contributed by atoms with Crippen molar-refractivity contribution in [3.8, 4) is 0 Å². The first-order chi connectivity index (χ1) is 14.0. The fourth-order valence-electron chi connectivity index (χ4n) is 2.78. The van der Waals surface area contributed by atoms with E-state index in [2.05, 4.69) is 10.3 Å². The summed E-state index contributed by atoms with van der Waals surface area (Å²) in [5, 5.41) is 10.1. The average molecular weight is 400 g/mol. The second kappa shape index (κ2) is 10.3. The van der Waals surface area contributed by atoms with E-state index in [1.165, 1.54) is 16.7 Å². The summed E-state index contributed by atoms with van der Waals surface area (Å²) in [7, 11) is 1.00. The molecular weight excluding hydrogens is 375 g/mol. The van der Waals surface area contributed by atoms with Crippen LogP contribution >= 0.6 is 0 Å². The fraction of sp³-hybridized carbons (Fsp3) is 0.286. The Balaban J connectivity index is 0.00000145. The Kier molecular flexibility index (Phi) is 7.85. The molecule has 0 atom stereocenters. The zero-order chi connectivity index (χ0) is 21.4. The zero-order valence-corrected chi connectivity index (χ0v) is 16.7. The molecule has 2 aromatic carbocycles. The topological polar surface area (TPSA) is 89.2 Å². The minimum absolute atomic E-state index is 0.177. The van der Waals surface area contributed by atoms with Gasteiger partial charge in [-0.15, -0.1) is 0 Å². The molecule has 0 saturated heterocycles. The van der Waals surface area contributed by atoms with E-state index in [-0.39, 0.29) is 24.4 Å². The first-order valence-electron chi connectivity index (χ1n) is 9.16. The molecule has 0 aliphatic heterocycles. The minimum Gasteiger partial charge on any atom is -0.400 e. The van der Waals surface area contributed by atoms with Crippen molar-refractivity contribution < 1.29 is 9.50 Å². The van der Waals surface area contributed by atoms with Crippen molar-refractivity contribution in [1.82, 2.24) is 14.1 Å². The van der Waals surface area contributed by atoms with E-state index < -0.39 is 11.4 Å². The van der Waals surface area contributed by atoms with Gasteiger partial charge in [0.05, 0.1) is 6.54 Å². The molecule has 0 amide bonds. The van der Waals surface area contributed by atoms with Crippen LogP contribution in [0.1, 0.15) is 31.0 Å². The molecule has 0 fully saturated rings. The van der Waals surface area contributed by atoms with Gasteiger partial charge in [0, 0.05) is 19.7 Å². The predicted molar refractivity (Wildman–Crippen MR) is 111 cm³/mol. The van der Waals surface area contributed by atoms with Crippen LogP contribution in [0.3, 0.4) is 0 Å². The first kappa shape index (κ1) is 22.0. The summed E-state index contributed by atoms with van der Waals surface area (Å²) in [5.41, 5.74) is 0.677. The zero-order valence-electron chi connectivity index (χ0n) is 16.7. The van der Waals surface area contributed by atoms with E-state index in [1.54, 1.807) is 26.0 Å². The Bertz CT molecular complexity index is 1030. The maximum atomic E-state index is 13.2. The van der Waals surface area contributed by atoms with Gasteiger partial charge in [-0.1, -0.05) is 42.5 Å². The highest BCUT2D eigenvalue weighted by atomic mass is 19.1. The first-order valence-corrected chi connectivity index (χ1v) is 9.16. The highest BCUT2D eigenvalue weighted by Gasteiger charge is 2.15. The molecule has 0 aliphatic carbocycles. The molecular formula is C21H25FN4O3. The molecule has 8 heteroatoms. The van der Waals surface area contributed by atoms with Gasteiger partial charge in [0.25, 0.3) is 0 Å². The Labute approximate surface area is 168 Å². The molecule has 2 N–H and O–H groups in total. The summed E-state index contributed by atoms with van der Waals surface area (Å²) in [6.45, 7) is 4.10. The number of nitrogens with one attached hydrogen (secondary N) is 1. The van der Waals surface area contributed by atoms with Gasteiger partial charge in [0.1, 0.15) is 5.82 Å². The monoisotopic (exact) mass is 400 g/mol. The van der Waals surface area contributed by atoms with Crippen LogP contribution in [0.5, 0.6) is 0 Å². The normalized spacial score (nSPS) is 10.4. The largest absolute Gasteiger partial charge is 0.400 e. The number of benzene rings is 2. The van der Waals surface area contributed by atoms with Gasteiger partial charge in [-0.2, -0.15) is 4.98 Å². The van der Waals surface area contributed by atoms with Crippen molar-refractivity contribution in [2.75, 3.05) is 12.4 Å². The summed E-state index contributed by atoms with van der Waals surface area (Å²) in [4.78, 5) is 29.3. The third-order valence-electron chi connectivity index (χ3n) is 4.16. The standard InChI is InChI=1S/C20H21FN4O2.CH4O/c1-14(2)25-19(26)23-18(22-12-15-6-4-3-5-7-15)24(20(25)27)13-16-8-10-17(21)11-9-16;1-2/h3-11,14H,12-13H2,1-2H3,(H,22,23,26);2H,1H3. The second-order valence-corrected chi connectivity index (χ2v) is 6.52. The lowest BCUT2D eigenvalue weighted by molar-refractivity contribution is 0.399. The lowest BCUT2D eigenvalue weighted by atomic mass is 10.2. The summed E-state index contributed by atoms with van der Waals surface area (Å²) in [6.07, 6.45) is 0. The van der Waals surface area contributed by atoms with Crippen LogP contribution in [0.2, 0.25) is 0 Å². The number of hydrogen-bond donors (Lipinski definition) is 2. The molecule has 3 aromatic rings. The van der Waals surface area contributed by atoms with Crippen molar-refractivity contribution in [2.45, 2.75) is 33.0 Å². The number of anilines is 1. The maximum absolute atomic E-state index is 13.2. The molecule has 0 aliphatic rings. The molecule has 7 nitrogen and oxygen atoms in total. The number of halogens is 1. The van der Waals surface area contributed by atoms with Gasteiger partial charge in [-0.05, 0) is 37.1 Å². The van der Waals surface area contributed by atoms with E-state index >= 15 is 0 Å². The van der Waals surface area contributed by atoms with Crippen molar-refractivity contribution in [1.29, 1.82) is 0 Å². The number of hydrogen-bond acceptors (Lipinski definition) is 5. The second-order valence-electron chi connectivity index (χ2n) is 6.52. The molecule has 3 rings (SSSR count). The fourth-order valence-corrected chi connectivity index (χ4v) is 2.78. The van der Waals surface area contributed by atoms with Crippen molar-refractivity contribution in [2.24, 2.45) is 0 Å². The summed E-state index contributed by atoms with van der Waals surface area (Å²) >= 11 is 0. The van der Waals surface area contributed by atoms with E-state index in [9.17, 15) is 14.0 Å². The van der Waals surface area contributed by atoms with Gasteiger partial charge < -0.3 is 10.4 Å². The van der Waals surface area contributed by atoms with E-state index in [0.717, 1.165) is 22.8 Å². The number of rotatable bonds is 6. The molecule has 0 saturated carbocycles. The quantitative estimate of drug-likeness (QED) is 0.663. The Morgan fingerprint density at radius 1 is 1.00 bits per heavy atom. The summed E-state index contributed by atoms with van der Waals surface area (Å²) in [5.74, 6) is -0.158. The third-order valence-corrected chi connectivity index (χ3v) is 4.16. The number of aromatic nitrogens is 3. The lowest BCUT2D eigenvalue weighted by Gasteiger charge is -2.17. The van der Waals surface area contributed by atoms with Crippen molar-refractivity contribution in [3.63, 3.8) is 0 Å². The highest BCUT2D eigenvalue weighted by Crippen LogP contribution is 2.09. The van der Waals surface area contributed by atoms with Crippen LogP contribution in [-0.2, 0) is 13.1 Å². The Morgan fingerprint density at radius 2 is 1.62 bits per heavy atom. The Morgan fingerprint density at radius 3 is 2.21 bits per heavy atom. The van der Waals surface area contributed by atoms with Gasteiger partial charge in [-0.25, -0.2) is 18.5 Å². The number of aliphatic hydroxyl groups excluding tert-OH is 1. The van der Waals surface area contributed by atoms with Gasteiger partial charge in [0.2, 0.25) is 5.95 Å². The smallest absolute Gasteiger partial charge is 0.355 e. The van der Waals surface area contributed by atoms with Crippen molar-refractivity contribution >= 4 is 5.95 Å². The van der Waals surface area contributed by atoms with Crippen LogP contribution in [-0.4, -0.2) is 26.3 Å². The van der Waals surface area contributed by atoms with Crippen LogP contribution in [0.25, 0.3) is 0 Å². The Hall–Kier alpha value is -3.26. The number of aliphatic hydroxyl groups is 1. The molecule has 0 spiro atoms. The van der Waals surface area contributed by atoms with Crippen LogP contribution in [0.4, 0.5) is 10.3 Å². The van der Waals surface area contributed by atoms with Crippen molar-refractivity contribution in [3.05, 3.63) is 92.5 Å². The minimum atomic E-state index is -0.596. The molecule has 0 bridgehead atoms. The van der Waals surface area contributed by atoms with Gasteiger partial charge in [0.15, 0.2) is 0 Å². The van der Waals surface area contributed by atoms with Crippen LogP contribution in [0.15, 0.2) is 64.2 Å². The summed E-state index contributed by atoms with van der Waals surface area (Å²) in [6, 6.07) is 15.2. The number of nitrogens with zero attached hydrogens (tertiary/aromatic N) is 3.